The van der Waals surface area contributed by atoms with Crippen LogP contribution in [0.4, 0.5) is 5.69 Å². The molecule has 0 spiro atoms. The van der Waals surface area contributed by atoms with Crippen molar-refractivity contribution in [1.29, 1.82) is 0 Å². The van der Waals surface area contributed by atoms with Crippen molar-refractivity contribution in [3.05, 3.63) is 76.1 Å². The Morgan fingerprint density at radius 2 is 2.00 bits per heavy atom. The van der Waals surface area contributed by atoms with Gasteiger partial charge in [-0.3, -0.25) is 9.69 Å². The molecule has 6 heteroatoms. The van der Waals surface area contributed by atoms with Crippen LogP contribution in [0, 0.1) is 5.92 Å². The molecule has 0 radical (unpaired) electrons. The van der Waals surface area contributed by atoms with E-state index in [-0.39, 0.29) is 11.9 Å². The van der Waals surface area contributed by atoms with E-state index in [1.165, 1.54) is 18.2 Å². The number of amidine groups is 1. The van der Waals surface area contributed by atoms with Gasteiger partial charge in [-0.2, -0.15) is 0 Å². The summed E-state index contributed by atoms with van der Waals surface area (Å²) in [5.74, 6) is 1.20. The quantitative estimate of drug-likeness (QED) is 0.304. The minimum absolute atomic E-state index is 0.0260. The molecular weight excluding hydrogens is 484 g/mol. The second kappa shape index (κ2) is 10.5. The Morgan fingerprint density at radius 3 is 2.75 bits per heavy atom. The lowest BCUT2D eigenvalue weighted by atomic mass is 9.85. The van der Waals surface area contributed by atoms with Crippen molar-refractivity contribution in [2.75, 3.05) is 6.61 Å². The Hall–Kier alpha value is -2.31. The molecule has 2 atom stereocenters. The van der Waals surface area contributed by atoms with Crippen molar-refractivity contribution in [2.24, 2.45) is 10.9 Å². The molecule has 0 unspecified atom stereocenters. The van der Waals surface area contributed by atoms with Crippen molar-refractivity contribution in [2.45, 2.75) is 38.6 Å². The monoisotopic (exact) mass is 510 g/mol. The number of thioether (sulfide) groups is 1. The van der Waals surface area contributed by atoms with Gasteiger partial charge in [-0.25, -0.2) is 4.99 Å². The number of hydrogen-bond donors (Lipinski definition) is 0. The number of benzene rings is 2. The van der Waals surface area contributed by atoms with Gasteiger partial charge in [0.25, 0.3) is 5.91 Å². The second-order valence-corrected chi connectivity index (χ2v) is 10.1. The van der Waals surface area contributed by atoms with Gasteiger partial charge in [-0.1, -0.05) is 66.5 Å². The first-order valence-corrected chi connectivity index (χ1v) is 12.6. The minimum Gasteiger partial charge on any atom is -0.489 e. The van der Waals surface area contributed by atoms with Crippen molar-refractivity contribution >= 4 is 50.5 Å². The van der Waals surface area contributed by atoms with Gasteiger partial charge in [0.1, 0.15) is 12.4 Å². The maximum Gasteiger partial charge on any atom is 0.267 e. The molecule has 1 heterocycles. The number of ether oxygens (including phenoxy) is 1. The zero-order chi connectivity index (χ0) is 22.5. The van der Waals surface area contributed by atoms with Crippen molar-refractivity contribution < 1.29 is 9.53 Å². The van der Waals surface area contributed by atoms with E-state index in [4.69, 9.17) is 9.73 Å². The zero-order valence-electron chi connectivity index (χ0n) is 18.2. The molecule has 2 aromatic rings. The van der Waals surface area contributed by atoms with E-state index in [9.17, 15) is 4.79 Å². The topological polar surface area (TPSA) is 41.9 Å². The molecule has 4 rings (SSSR count). The highest BCUT2D eigenvalue weighted by atomic mass is 79.9. The van der Waals surface area contributed by atoms with Crippen LogP contribution in [0.15, 0.2) is 75.6 Å². The number of amides is 1. The molecule has 2 aromatic carbocycles. The number of rotatable bonds is 6. The smallest absolute Gasteiger partial charge is 0.267 e. The summed E-state index contributed by atoms with van der Waals surface area (Å²) in [4.78, 5) is 21.1. The molecule has 0 bridgehead atoms. The number of carbonyl (C=O) groups excluding carboxylic acids is 1. The van der Waals surface area contributed by atoms with Crippen LogP contribution in [0.5, 0.6) is 5.75 Å². The van der Waals surface area contributed by atoms with Crippen LogP contribution < -0.4 is 4.74 Å². The van der Waals surface area contributed by atoms with Crippen LogP contribution >= 0.6 is 27.7 Å². The van der Waals surface area contributed by atoms with E-state index >= 15 is 0 Å². The average molecular weight is 511 g/mol. The van der Waals surface area contributed by atoms with E-state index in [1.54, 1.807) is 6.08 Å². The van der Waals surface area contributed by atoms with E-state index in [0.717, 1.165) is 45.9 Å². The summed E-state index contributed by atoms with van der Waals surface area (Å²) < 4.78 is 6.75. The van der Waals surface area contributed by atoms with Gasteiger partial charge < -0.3 is 4.74 Å². The van der Waals surface area contributed by atoms with Crippen LogP contribution in [-0.4, -0.2) is 28.6 Å². The Balaban J connectivity index is 1.73. The largest absolute Gasteiger partial charge is 0.489 e. The van der Waals surface area contributed by atoms with E-state index in [0.29, 0.717) is 17.4 Å². The number of halogens is 1. The number of para-hydroxylation sites is 1. The molecule has 1 amide bonds. The number of aliphatic imine (C=N–C) groups is 1. The lowest BCUT2D eigenvalue weighted by Crippen LogP contribution is -2.44. The van der Waals surface area contributed by atoms with Gasteiger partial charge in [0, 0.05) is 16.1 Å². The summed E-state index contributed by atoms with van der Waals surface area (Å²) in [5, 5.41) is 0.759. The number of carbonyl (C=O) groups is 1. The van der Waals surface area contributed by atoms with Crippen molar-refractivity contribution in [3.63, 3.8) is 0 Å². The van der Waals surface area contributed by atoms with E-state index in [1.807, 2.05) is 59.5 Å². The Kier molecular flexibility index (Phi) is 7.53. The molecule has 166 valence electrons. The molecular formula is C26H27BrN2O2S. The van der Waals surface area contributed by atoms with E-state index in [2.05, 4.69) is 29.4 Å². The average Bonchev–Trinajstić information content (AvgIpc) is 3.09. The molecule has 0 aromatic heterocycles. The number of nitrogens with zero attached hydrogens (tertiary/aromatic N) is 2. The molecule has 1 aliphatic carbocycles. The lowest BCUT2D eigenvalue weighted by molar-refractivity contribution is -0.124. The fourth-order valence-corrected chi connectivity index (χ4v) is 5.62. The second-order valence-electron chi connectivity index (χ2n) is 8.13. The summed E-state index contributed by atoms with van der Waals surface area (Å²) in [6.45, 7) is 6.38. The predicted molar refractivity (Wildman–Crippen MR) is 137 cm³/mol. The van der Waals surface area contributed by atoms with Gasteiger partial charge >= 0.3 is 0 Å². The van der Waals surface area contributed by atoms with Crippen LogP contribution in [0.1, 0.15) is 38.2 Å². The third kappa shape index (κ3) is 5.18. The Labute approximate surface area is 202 Å². The lowest BCUT2D eigenvalue weighted by Gasteiger charge is -2.35. The van der Waals surface area contributed by atoms with Crippen LogP contribution in [0.25, 0.3) is 6.08 Å². The van der Waals surface area contributed by atoms with Crippen molar-refractivity contribution in [1.82, 2.24) is 4.90 Å². The molecule has 0 N–H and O–H groups in total. The first-order valence-electron chi connectivity index (χ1n) is 11.0. The molecule has 1 aliphatic heterocycles. The molecule has 2 aliphatic rings. The number of hydrogen-bond acceptors (Lipinski definition) is 4. The van der Waals surface area contributed by atoms with Crippen LogP contribution in [0.2, 0.25) is 0 Å². The Bertz CT molecular complexity index is 1050. The summed E-state index contributed by atoms with van der Waals surface area (Å²) in [6.07, 6.45) is 8.16. The highest BCUT2D eigenvalue weighted by Gasteiger charge is 2.41. The highest BCUT2D eigenvalue weighted by Crippen LogP contribution is 2.41. The van der Waals surface area contributed by atoms with Gasteiger partial charge in [0.2, 0.25) is 0 Å². The summed E-state index contributed by atoms with van der Waals surface area (Å²) in [6, 6.07) is 15.8. The molecule has 2 fully saturated rings. The van der Waals surface area contributed by atoms with Crippen LogP contribution in [0.3, 0.4) is 0 Å². The summed E-state index contributed by atoms with van der Waals surface area (Å²) >= 11 is 4.98. The standard InChI is InChI=1S/C26H27BrN2O2S/c1-3-15-31-23-14-13-20(27)16-19(23)17-24-25(30)29(22-12-8-7-9-18(22)2)26(32-24)28-21-10-5-4-6-11-21/h3-6,10-11,13-14,16-18,22H,1,7-9,12,15H2,2H3/b24-17-,28-26?/t18-,22+/m0/s1. The molecule has 32 heavy (non-hydrogen) atoms. The normalized spacial score (nSPS) is 23.7. The molecule has 1 saturated carbocycles. The predicted octanol–water partition coefficient (Wildman–Crippen LogP) is 7.20. The molecule has 4 nitrogen and oxygen atoms in total. The fraction of sp³-hybridized carbons (Fsp3) is 0.308. The first kappa shape index (κ1) is 22.9. The maximum absolute atomic E-state index is 13.7. The SMILES string of the molecule is C=CCOc1ccc(Br)cc1/C=C1\SC(=Nc2ccccc2)N([C@@H]2CCCC[C@@H]2C)C1=O. The van der Waals surface area contributed by atoms with Gasteiger partial charge in [-0.15, -0.1) is 0 Å². The Morgan fingerprint density at radius 1 is 1.22 bits per heavy atom. The maximum atomic E-state index is 13.7. The van der Waals surface area contributed by atoms with Crippen LogP contribution in [-0.2, 0) is 4.79 Å². The zero-order valence-corrected chi connectivity index (χ0v) is 20.6. The highest BCUT2D eigenvalue weighted by molar-refractivity contribution is 9.10. The van der Waals surface area contributed by atoms with E-state index < -0.39 is 0 Å². The first-order chi connectivity index (χ1) is 15.6. The minimum atomic E-state index is 0.0260. The van der Waals surface area contributed by atoms with Gasteiger partial charge in [0.15, 0.2) is 5.17 Å². The third-order valence-electron chi connectivity index (χ3n) is 5.83. The molecule has 1 saturated heterocycles. The summed E-state index contributed by atoms with van der Waals surface area (Å²) in [7, 11) is 0. The van der Waals surface area contributed by atoms with Gasteiger partial charge in [-0.05, 0) is 66.9 Å². The van der Waals surface area contributed by atoms with Gasteiger partial charge in [0.05, 0.1) is 10.6 Å². The van der Waals surface area contributed by atoms with Crippen molar-refractivity contribution in [3.8, 4) is 5.75 Å². The fourth-order valence-electron chi connectivity index (χ4n) is 4.20. The third-order valence-corrected chi connectivity index (χ3v) is 7.31. The summed E-state index contributed by atoms with van der Waals surface area (Å²) in [5.41, 5.74) is 1.71.